The smallest absolute Gasteiger partial charge is 0.0584 e. The molecule has 3 rings (SSSR count). The molecular weight excluding hydrogens is 326 g/mol. The molecule has 1 unspecified atom stereocenters. The van der Waals surface area contributed by atoms with Crippen molar-refractivity contribution in [2.75, 3.05) is 0 Å². The zero-order valence-electron chi connectivity index (χ0n) is 16.7. The number of hydrogen-bond acceptors (Lipinski definition) is 1. The minimum Gasteiger partial charge on any atom is -0.302 e. The highest BCUT2D eigenvalue weighted by molar-refractivity contribution is 5.51. The number of benzene rings is 2. The maximum absolute atomic E-state index is 4.54. The third-order valence-electron chi connectivity index (χ3n) is 5.32. The van der Waals surface area contributed by atoms with Crippen LogP contribution in [0.5, 0.6) is 0 Å². The van der Waals surface area contributed by atoms with E-state index in [1.807, 2.05) is 0 Å². The van der Waals surface area contributed by atoms with Gasteiger partial charge in [-0.05, 0) is 67.4 Å². The van der Waals surface area contributed by atoms with E-state index in [0.29, 0.717) is 0 Å². The van der Waals surface area contributed by atoms with Gasteiger partial charge in [0.05, 0.1) is 6.04 Å². The predicted octanol–water partition coefficient (Wildman–Crippen LogP) is 6.91. The van der Waals surface area contributed by atoms with Gasteiger partial charge in [-0.15, -0.1) is 0 Å². The first-order chi connectivity index (χ1) is 13.2. The molecule has 0 amide bonds. The molecule has 0 saturated heterocycles. The Bertz CT molecular complexity index is 808. The number of rotatable bonds is 7. The van der Waals surface area contributed by atoms with Gasteiger partial charge in [-0.2, -0.15) is 0 Å². The Morgan fingerprint density at radius 1 is 0.963 bits per heavy atom. The van der Waals surface area contributed by atoms with Crippen LogP contribution in [0.1, 0.15) is 56.7 Å². The van der Waals surface area contributed by atoms with Crippen molar-refractivity contribution in [3.05, 3.63) is 107 Å². The molecule has 1 aliphatic carbocycles. The van der Waals surface area contributed by atoms with Crippen molar-refractivity contribution in [1.82, 2.24) is 5.32 Å². The summed E-state index contributed by atoms with van der Waals surface area (Å²) in [4.78, 5) is 0. The van der Waals surface area contributed by atoms with Gasteiger partial charge in [0.1, 0.15) is 0 Å². The van der Waals surface area contributed by atoms with Crippen LogP contribution in [-0.2, 0) is 6.54 Å². The van der Waals surface area contributed by atoms with E-state index in [0.717, 1.165) is 13.0 Å². The second kappa shape index (κ2) is 9.53. The Morgan fingerprint density at radius 3 is 2.22 bits per heavy atom. The van der Waals surface area contributed by atoms with Crippen LogP contribution < -0.4 is 5.32 Å². The van der Waals surface area contributed by atoms with Crippen LogP contribution in [0, 0.1) is 0 Å². The summed E-state index contributed by atoms with van der Waals surface area (Å²) >= 11 is 0. The first kappa shape index (κ1) is 19.4. The van der Waals surface area contributed by atoms with E-state index in [-0.39, 0.29) is 6.04 Å². The van der Waals surface area contributed by atoms with Crippen molar-refractivity contribution in [3.8, 4) is 0 Å². The van der Waals surface area contributed by atoms with Gasteiger partial charge in [-0.25, -0.2) is 0 Å². The topological polar surface area (TPSA) is 12.0 Å². The van der Waals surface area contributed by atoms with E-state index < -0.39 is 0 Å². The van der Waals surface area contributed by atoms with E-state index in [2.05, 4.69) is 92.5 Å². The third kappa shape index (κ3) is 5.08. The van der Waals surface area contributed by atoms with Crippen LogP contribution in [-0.4, -0.2) is 0 Å². The maximum Gasteiger partial charge on any atom is 0.0584 e. The minimum absolute atomic E-state index is 0.145. The summed E-state index contributed by atoms with van der Waals surface area (Å²) in [5, 5.41) is 3.81. The summed E-state index contributed by atoms with van der Waals surface area (Å²) in [6.45, 7) is 9.80. The highest BCUT2D eigenvalue weighted by atomic mass is 14.9. The molecule has 0 radical (unpaired) electrons. The van der Waals surface area contributed by atoms with Crippen molar-refractivity contribution in [2.45, 2.75) is 52.1 Å². The molecule has 0 spiro atoms. The Kier molecular flexibility index (Phi) is 6.84. The van der Waals surface area contributed by atoms with Crippen LogP contribution in [0.2, 0.25) is 0 Å². The number of hydrogen-bond donors (Lipinski definition) is 1. The van der Waals surface area contributed by atoms with Gasteiger partial charge in [-0.1, -0.05) is 78.9 Å². The molecule has 0 heterocycles. The summed E-state index contributed by atoms with van der Waals surface area (Å²) in [5.74, 6) is 0. The summed E-state index contributed by atoms with van der Waals surface area (Å²) in [6.07, 6.45) is 7.30. The normalized spacial score (nSPS) is 15.0. The lowest BCUT2D eigenvalue weighted by molar-refractivity contribution is 0.593. The van der Waals surface area contributed by atoms with Crippen molar-refractivity contribution in [3.63, 3.8) is 0 Å². The molecule has 0 saturated carbocycles. The molecule has 0 aromatic heterocycles. The Morgan fingerprint density at radius 2 is 1.63 bits per heavy atom. The fraction of sp³-hybridized carbons (Fsp3) is 0.308. The standard InChI is InChI=1S/C26H31N/c1-20(2)25(21(3)23-15-9-5-10-16-23)26(24-17-11-6-12-18-24)27-19-22-13-7-4-8-14-22/h4,6-8,11-15,17-18,26-27H,3,5,9-10,16,19H2,1-2H3. The second-order valence-electron chi connectivity index (χ2n) is 7.58. The lowest BCUT2D eigenvalue weighted by Gasteiger charge is -2.28. The third-order valence-corrected chi connectivity index (χ3v) is 5.32. The average Bonchev–Trinajstić information content (AvgIpc) is 2.72. The highest BCUT2D eigenvalue weighted by Crippen LogP contribution is 2.36. The largest absolute Gasteiger partial charge is 0.302 e. The molecule has 27 heavy (non-hydrogen) atoms. The molecule has 0 bridgehead atoms. The van der Waals surface area contributed by atoms with Gasteiger partial charge >= 0.3 is 0 Å². The summed E-state index contributed by atoms with van der Waals surface area (Å²) in [5.41, 5.74) is 7.91. The molecule has 140 valence electrons. The number of allylic oxidation sites excluding steroid dienone is 3. The van der Waals surface area contributed by atoms with Crippen molar-refractivity contribution in [1.29, 1.82) is 0 Å². The monoisotopic (exact) mass is 357 g/mol. The molecular formula is C26H31N. The molecule has 1 nitrogen and oxygen atoms in total. The van der Waals surface area contributed by atoms with Gasteiger partial charge in [0, 0.05) is 6.54 Å². The number of nitrogens with one attached hydrogen (secondary N) is 1. The van der Waals surface area contributed by atoms with Gasteiger partial charge in [0.2, 0.25) is 0 Å². The van der Waals surface area contributed by atoms with E-state index in [1.165, 1.54) is 52.7 Å². The highest BCUT2D eigenvalue weighted by Gasteiger charge is 2.22. The first-order valence-electron chi connectivity index (χ1n) is 10.0. The van der Waals surface area contributed by atoms with Gasteiger partial charge < -0.3 is 5.32 Å². The quantitative estimate of drug-likeness (QED) is 0.531. The molecule has 2 aromatic carbocycles. The molecule has 0 fully saturated rings. The van der Waals surface area contributed by atoms with E-state index in [1.54, 1.807) is 0 Å². The molecule has 1 atom stereocenters. The van der Waals surface area contributed by atoms with E-state index in [9.17, 15) is 0 Å². The minimum atomic E-state index is 0.145. The zero-order valence-corrected chi connectivity index (χ0v) is 16.7. The molecule has 0 aliphatic heterocycles. The van der Waals surface area contributed by atoms with Gasteiger partial charge in [0.25, 0.3) is 0 Å². The maximum atomic E-state index is 4.54. The van der Waals surface area contributed by atoms with Crippen molar-refractivity contribution >= 4 is 0 Å². The van der Waals surface area contributed by atoms with Crippen molar-refractivity contribution < 1.29 is 0 Å². The van der Waals surface area contributed by atoms with Crippen LogP contribution in [0.4, 0.5) is 0 Å². The molecule has 1 aliphatic rings. The molecule has 1 N–H and O–H groups in total. The zero-order chi connectivity index (χ0) is 19.1. The Labute approximate surface area is 164 Å². The predicted molar refractivity (Wildman–Crippen MR) is 117 cm³/mol. The lowest BCUT2D eigenvalue weighted by atomic mass is 9.83. The summed E-state index contributed by atoms with van der Waals surface area (Å²) in [7, 11) is 0. The summed E-state index contributed by atoms with van der Waals surface area (Å²) < 4.78 is 0. The van der Waals surface area contributed by atoms with E-state index >= 15 is 0 Å². The van der Waals surface area contributed by atoms with Crippen LogP contribution in [0.25, 0.3) is 0 Å². The van der Waals surface area contributed by atoms with Gasteiger partial charge in [-0.3, -0.25) is 0 Å². The van der Waals surface area contributed by atoms with Crippen LogP contribution in [0.15, 0.2) is 95.6 Å². The Hall–Kier alpha value is -2.38. The molecule has 2 aromatic rings. The SMILES string of the molecule is C=C(C1=CCCCC1)C(=C(C)C)C(NCc1ccccc1)c1ccccc1. The van der Waals surface area contributed by atoms with Crippen molar-refractivity contribution in [2.24, 2.45) is 0 Å². The fourth-order valence-electron chi connectivity index (χ4n) is 3.90. The Balaban J connectivity index is 1.92. The van der Waals surface area contributed by atoms with E-state index in [4.69, 9.17) is 0 Å². The van der Waals surface area contributed by atoms with Crippen LogP contribution in [0.3, 0.4) is 0 Å². The average molecular weight is 358 g/mol. The lowest BCUT2D eigenvalue weighted by Crippen LogP contribution is -2.24. The van der Waals surface area contributed by atoms with Gasteiger partial charge in [0.15, 0.2) is 0 Å². The summed E-state index contributed by atoms with van der Waals surface area (Å²) in [6, 6.07) is 21.5. The van der Waals surface area contributed by atoms with Crippen LogP contribution >= 0.6 is 0 Å². The fourth-order valence-corrected chi connectivity index (χ4v) is 3.90. The first-order valence-corrected chi connectivity index (χ1v) is 10.0. The second-order valence-corrected chi connectivity index (χ2v) is 7.58. The molecule has 1 heteroatoms.